The molecule has 0 aliphatic carbocycles. The molecule has 0 radical (unpaired) electrons. The number of rotatable bonds is 2. The van der Waals surface area contributed by atoms with Crippen LogP contribution in [0.25, 0.3) is 0 Å². The summed E-state index contributed by atoms with van der Waals surface area (Å²) in [5.74, 6) is 1.31. The number of anilines is 1. The fourth-order valence-corrected chi connectivity index (χ4v) is 2.67. The Balaban J connectivity index is 2.36. The monoisotopic (exact) mass is 270 g/mol. The van der Waals surface area contributed by atoms with Gasteiger partial charge in [0, 0.05) is 13.1 Å². The normalized spacial score (nSPS) is 24.1. The van der Waals surface area contributed by atoms with Crippen LogP contribution in [0.1, 0.15) is 20.3 Å². The molecule has 1 aliphatic heterocycles. The fourth-order valence-electron chi connectivity index (χ4n) is 2.54. The minimum atomic E-state index is -0.463. The van der Waals surface area contributed by atoms with E-state index in [-0.39, 0.29) is 11.0 Å². The number of aromatic nitrogens is 2. The molecule has 0 amide bonds. The maximum atomic E-state index is 11.0. The Bertz CT molecular complexity index is 458. The quantitative estimate of drug-likeness (QED) is 0.469. The van der Waals surface area contributed by atoms with E-state index in [2.05, 4.69) is 23.8 Å². The van der Waals surface area contributed by atoms with E-state index in [1.54, 1.807) is 0 Å². The second-order valence-electron chi connectivity index (χ2n) is 4.96. The molecule has 2 heterocycles. The summed E-state index contributed by atoms with van der Waals surface area (Å²) in [6.07, 6.45) is 2.30. The van der Waals surface area contributed by atoms with E-state index in [9.17, 15) is 10.1 Å². The van der Waals surface area contributed by atoms with Gasteiger partial charge in [0.15, 0.2) is 0 Å². The molecular weight excluding hydrogens is 256 g/mol. The van der Waals surface area contributed by atoms with Crippen LogP contribution in [0, 0.1) is 22.0 Å². The van der Waals surface area contributed by atoms with Gasteiger partial charge in [-0.1, -0.05) is 13.8 Å². The first kappa shape index (κ1) is 13.0. The SMILES string of the molecule is CC1CC(C)CN(c2nc(Cl)ncc2[N+](=O)[O-])C1. The number of hydrogen-bond donors (Lipinski definition) is 0. The van der Waals surface area contributed by atoms with Crippen molar-refractivity contribution < 1.29 is 4.92 Å². The first-order chi connectivity index (χ1) is 8.47. The first-order valence-corrected chi connectivity index (χ1v) is 6.27. The number of nitrogens with zero attached hydrogens (tertiary/aromatic N) is 4. The number of halogens is 1. The van der Waals surface area contributed by atoms with Crippen molar-refractivity contribution in [2.45, 2.75) is 20.3 Å². The lowest BCUT2D eigenvalue weighted by atomic mass is 9.92. The number of piperidine rings is 1. The molecule has 6 nitrogen and oxygen atoms in total. The smallest absolute Gasteiger partial charge is 0.329 e. The van der Waals surface area contributed by atoms with E-state index in [0.717, 1.165) is 19.5 Å². The van der Waals surface area contributed by atoms with Crippen molar-refractivity contribution in [3.05, 3.63) is 21.6 Å². The highest BCUT2D eigenvalue weighted by Gasteiger charge is 2.28. The molecule has 2 rings (SSSR count). The van der Waals surface area contributed by atoms with Crippen molar-refractivity contribution in [1.82, 2.24) is 9.97 Å². The Hall–Kier alpha value is -1.43. The molecule has 7 heteroatoms. The summed E-state index contributed by atoms with van der Waals surface area (Å²) >= 11 is 5.74. The largest absolute Gasteiger partial charge is 0.350 e. The average molecular weight is 271 g/mol. The predicted octanol–water partition coefficient (Wildman–Crippen LogP) is 2.52. The lowest BCUT2D eigenvalue weighted by Gasteiger charge is -2.35. The van der Waals surface area contributed by atoms with Gasteiger partial charge >= 0.3 is 5.69 Å². The van der Waals surface area contributed by atoms with Crippen molar-refractivity contribution in [1.29, 1.82) is 0 Å². The van der Waals surface area contributed by atoms with Crippen LogP contribution in [0.2, 0.25) is 5.28 Å². The van der Waals surface area contributed by atoms with Crippen molar-refractivity contribution in [3.63, 3.8) is 0 Å². The Morgan fingerprint density at radius 3 is 2.61 bits per heavy atom. The third-order valence-corrected chi connectivity index (χ3v) is 3.27. The van der Waals surface area contributed by atoms with E-state index < -0.39 is 4.92 Å². The van der Waals surface area contributed by atoms with E-state index in [4.69, 9.17) is 11.6 Å². The summed E-state index contributed by atoms with van der Waals surface area (Å²) in [4.78, 5) is 20.2. The Labute approximate surface area is 110 Å². The summed E-state index contributed by atoms with van der Waals surface area (Å²) in [6.45, 7) is 5.80. The summed E-state index contributed by atoms with van der Waals surface area (Å²) in [5, 5.41) is 11.0. The van der Waals surface area contributed by atoms with E-state index in [0.29, 0.717) is 17.7 Å². The van der Waals surface area contributed by atoms with Gasteiger partial charge in [-0.05, 0) is 29.9 Å². The molecule has 0 bridgehead atoms. The van der Waals surface area contributed by atoms with Crippen LogP contribution < -0.4 is 4.90 Å². The first-order valence-electron chi connectivity index (χ1n) is 5.89. The third-order valence-electron chi connectivity index (χ3n) is 3.09. The molecule has 1 aromatic heterocycles. The lowest BCUT2D eigenvalue weighted by molar-refractivity contribution is -0.384. The topological polar surface area (TPSA) is 72.2 Å². The molecule has 0 saturated carbocycles. The average Bonchev–Trinajstić information content (AvgIpc) is 2.27. The molecule has 2 atom stereocenters. The molecule has 1 aliphatic rings. The van der Waals surface area contributed by atoms with Crippen molar-refractivity contribution in [3.8, 4) is 0 Å². The van der Waals surface area contributed by atoms with Crippen molar-refractivity contribution in [2.24, 2.45) is 11.8 Å². The zero-order chi connectivity index (χ0) is 13.3. The van der Waals surface area contributed by atoms with Gasteiger partial charge in [-0.25, -0.2) is 4.98 Å². The summed E-state index contributed by atoms with van der Waals surface area (Å²) in [7, 11) is 0. The molecule has 0 spiro atoms. The zero-order valence-electron chi connectivity index (χ0n) is 10.3. The summed E-state index contributed by atoms with van der Waals surface area (Å²) in [5.41, 5.74) is -0.0827. The number of nitro groups is 1. The van der Waals surface area contributed by atoms with Crippen LogP contribution in [0.15, 0.2) is 6.20 Å². The van der Waals surface area contributed by atoms with Gasteiger partial charge in [0.05, 0.1) is 4.92 Å². The van der Waals surface area contributed by atoms with Crippen LogP contribution in [-0.4, -0.2) is 28.0 Å². The van der Waals surface area contributed by atoms with Crippen LogP contribution in [0.5, 0.6) is 0 Å². The summed E-state index contributed by atoms with van der Waals surface area (Å²) in [6, 6.07) is 0. The van der Waals surface area contributed by atoms with Gasteiger partial charge in [0.1, 0.15) is 6.20 Å². The van der Waals surface area contributed by atoms with Crippen LogP contribution in [0.4, 0.5) is 11.5 Å². The van der Waals surface area contributed by atoms with Gasteiger partial charge in [0.25, 0.3) is 0 Å². The molecule has 0 N–H and O–H groups in total. The minimum absolute atomic E-state index is 0.0430. The van der Waals surface area contributed by atoms with Crippen LogP contribution >= 0.6 is 11.6 Å². The van der Waals surface area contributed by atoms with Crippen LogP contribution in [-0.2, 0) is 0 Å². The standard InChI is InChI=1S/C11H15ClN4O2/c1-7-3-8(2)6-15(5-7)10-9(16(17)18)4-13-11(12)14-10/h4,7-8H,3,5-6H2,1-2H3. The van der Waals surface area contributed by atoms with Crippen molar-refractivity contribution >= 4 is 23.1 Å². The number of hydrogen-bond acceptors (Lipinski definition) is 5. The maximum Gasteiger partial charge on any atom is 0.329 e. The molecule has 1 fully saturated rings. The van der Waals surface area contributed by atoms with Crippen LogP contribution in [0.3, 0.4) is 0 Å². The molecule has 2 unspecified atom stereocenters. The third kappa shape index (κ3) is 2.69. The molecule has 98 valence electrons. The fraction of sp³-hybridized carbons (Fsp3) is 0.636. The van der Waals surface area contributed by atoms with Gasteiger partial charge in [-0.3, -0.25) is 10.1 Å². The summed E-state index contributed by atoms with van der Waals surface area (Å²) < 4.78 is 0. The molecule has 1 aromatic rings. The second-order valence-corrected chi connectivity index (χ2v) is 5.29. The Morgan fingerprint density at radius 1 is 1.44 bits per heavy atom. The van der Waals surface area contributed by atoms with E-state index in [1.165, 1.54) is 6.20 Å². The molecule has 0 aromatic carbocycles. The van der Waals surface area contributed by atoms with Gasteiger partial charge in [-0.2, -0.15) is 4.98 Å². The molecule has 18 heavy (non-hydrogen) atoms. The highest BCUT2D eigenvalue weighted by molar-refractivity contribution is 6.28. The molecular formula is C11H15ClN4O2. The lowest BCUT2D eigenvalue weighted by Crippen LogP contribution is -2.39. The van der Waals surface area contributed by atoms with Gasteiger partial charge in [-0.15, -0.1) is 0 Å². The van der Waals surface area contributed by atoms with Crippen molar-refractivity contribution in [2.75, 3.05) is 18.0 Å². The highest BCUT2D eigenvalue weighted by Crippen LogP contribution is 2.31. The van der Waals surface area contributed by atoms with E-state index >= 15 is 0 Å². The molecule has 1 saturated heterocycles. The van der Waals surface area contributed by atoms with Gasteiger partial charge < -0.3 is 4.90 Å². The highest BCUT2D eigenvalue weighted by atomic mass is 35.5. The van der Waals surface area contributed by atoms with Gasteiger partial charge in [0.2, 0.25) is 11.1 Å². The maximum absolute atomic E-state index is 11.0. The Kier molecular flexibility index (Phi) is 3.65. The van der Waals surface area contributed by atoms with E-state index in [1.807, 2.05) is 4.90 Å². The second kappa shape index (κ2) is 5.06. The minimum Gasteiger partial charge on any atom is -0.350 e. The zero-order valence-corrected chi connectivity index (χ0v) is 11.1. The Morgan fingerprint density at radius 2 is 2.06 bits per heavy atom. The predicted molar refractivity (Wildman–Crippen MR) is 68.9 cm³/mol.